The fraction of sp³-hybridized carbons (Fsp3) is 0.407. The van der Waals surface area contributed by atoms with Gasteiger partial charge in [0.25, 0.3) is 0 Å². The van der Waals surface area contributed by atoms with E-state index in [1.165, 1.54) is 6.07 Å². The van der Waals surface area contributed by atoms with Gasteiger partial charge in [0.1, 0.15) is 11.5 Å². The van der Waals surface area contributed by atoms with Crippen LogP contribution in [0.1, 0.15) is 34.5 Å². The number of pyridine rings is 1. The Labute approximate surface area is 214 Å². The van der Waals surface area contributed by atoms with Crippen LogP contribution < -0.4 is 5.73 Å². The number of rotatable bonds is 7. The number of amides is 1. The summed E-state index contributed by atoms with van der Waals surface area (Å²) >= 11 is 0. The standard InChI is InChI=1S/C27H31N3O7/c1-13-5-4-6-18(29-13)15-7-8-20(32)24-16(15)9-14-10-17(19(12-31)30(2)3)27(37,21(33)11-22(28)34)26(36)23(14)25(24)35/h4-8,14,17,19,31-32,36-37H,9-12H2,1-3H3,(H2,28,34)/t14-,17-,19?,27+/m0/s1. The van der Waals surface area contributed by atoms with Crippen LogP contribution in [0, 0.1) is 18.8 Å². The van der Waals surface area contributed by atoms with Crippen LogP contribution >= 0.6 is 0 Å². The monoisotopic (exact) mass is 509 g/mol. The van der Waals surface area contributed by atoms with Gasteiger partial charge in [-0.1, -0.05) is 6.07 Å². The van der Waals surface area contributed by atoms with E-state index in [9.17, 15) is 34.8 Å². The number of carbonyl (C=O) groups excluding carboxylic acids is 3. The van der Waals surface area contributed by atoms with Crippen LogP contribution in [-0.2, 0) is 16.0 Å². The maximum Gasteiger partial charge on any atom is 0.225 e. The molecule has 0 radical (unpaired) electrons. The van der Waals surface area contributed by atoms with Crippen LogP contribution in [0.4, 0.5) is 0 Å². The Morgan fingerprint density at radius 3 is 2.51 bits per heavy atom. The maximum atomic E-state index is 13.8. The average molecular weight is 510 g/mol. The van der Waals surface area contributed by atoms with Gasteiger partial charge in [0.2, 0.25) is 5.91 Å². The van der Waals surface area contributed by atoms with Gasteiger partial charge in [-0.05, 0) is 69.6 Å². The molecular formula is C27H31N3O7. The third-order valence-electron chi connectivity index (χ3n) is 7.55. The van der Waals surface area contributed by atoms with E-state index in [1.54, 1.807) is 31.1 Å². The maximum absolute atomic E-state index is 13.8. The average Bonchev–Trinajstić information content (AvgIpc) is 2.81. The molecule has 2 aromatic rings. The highest BCUT2D eigenvalue weighted by atomic mass is 16.3. The molecule has 2 aliphatic carbocycles. The fourth-order valence-electron chi connectivity index (χ4n) is 5.78. The third kappa shape index (κ3) is 4.30. The van der Waals surface area contributed by atoms with E-state index in [0.29, 0.717) is 16.8 Å². The van der Waals surface area contributed by atoms with E-state index in [1.807, 2.05) is 19.1 Å². The number of benzene rings is 1. The normalized spacial score (nSPS) is 24.0. The highest BCUT2D eigenvalue weighted by molar-refractivity contribution is 6.15. The second kappa shape index (κ2) is 9.70. The summed E-state index contributed by atoms with van der Waals surface area (Å²) in [6.45, 7) is 1.38. The summed E-state index contributed by atoms with van der Waals surface area (Å²) in [6.07, 6.45) is -0.604. The molecule has 0 aliphatic heterocycles. The van der Waals surface area contributed by atoms with E-state index in [2.05, 4.69) is 4.98 Å². The predicted molar refractivity (Wildman–Crippen MR) is 134 cm³/mol. The van der Waals surface area contributed by atoms with Gasteiger partial charge in [0.15, 0.2) is 17.2 Å². The minimum Gasteiger partial charge on any atom is -0.508 e. The number of carbonyl (C=O) groups is 3. The number of aromatic hydroxyl groups is 1. The molecule has 37 heavy (non-hydrogen) atoms. The summed E-state index contributed by atoms with van der Waals surface area (Å²) in [4.78, 5) is 44.6. The lowest BCUT2D eigenvalue weighted by molar-refractivity contribution is -0.151. The van der Waals surface area contributed by atoms with E-state index in [-0.39, 0.29) is 29.7 Å². The van der Waals surface area contributed by atoms with E-state index < -0.39 is 59.7 Å². The van der Waals surface area contributed by atoms with Gasteiger partial charge in [0.05, 0.1) is 24.3 Å². The topological polar surface area (TPSA) is 174 Å². The number of nitrogens with zero attached hydrogens (tertiary/aromatic N) is 2. The lowest BCUT2D eigenvalue weighted by atomic mass is 9.61. The number of phenolic OH excluding ortho intramolecular Hbond substituents is 1. The quantitative estimate of drug-likeness (QED) is 0.342. The van der Waals surface area contributed by atoms with Crippen molar-refractivity contribution in [2.75, 3.05) is 20.7 Å². The van der Waals surface area contributed by atoms with Gasteiger partial charge >= 0.3 is 0 Å². The summed E-state index contributed by atoms with van der Waals surface area (Å²) in [5, 5.41) is 43.8. The van der Waals surface area contributed by atoms with E-state index in [4.69, 9.17) is 5.73 Å². The third-order valence-corrected chi connectivity index (χ3v) is 7.55. The summed E-state index contributed by atoms with van der Waals surface area (Å²) in [5.41, 5.74) is 4.93. The zero-order valence-electron chi connectivity index (χ0n) is 20.9. The zero-order valence-corrected chi connectivity index (χ0v) is 20.9. The molecule has 2 aliphatic rings. The number of likely N-dealkylation sites (N-methyl/N-ethyl adjacent to an activating group) is 1. The molecule has 1 unspecified atom stereocenters. The van der Waals surface area contributed by atoms with Crippen LogP contribution in [0.25, 0.3) is 11.3 Å². The van der Waals surface area contributed by atoms with Crippen molar-refractivity contribution in [3.63, 3.8) is 0 Å². The Balaban J connectivity index is 1.94. The van der Waals surface area contributed by atoms with Gasteiger partial charge in [-0.2, -0.15) is 0 Å². The SMILES string of the molecule is Cc1cccc(-c2ccc(O)c3c2C[C@H]2C[C@@H](C(CO)N(C)C)[C@@](O)(C(=O)CC(N)=O)C(O)=C2C3=O)n1. The molecule has 0 saturated carbocycles. The molecule has 10 heteroatoms. The number of ketones is 2. The number of allylic oxidation sites excluding steroid dienone is 1. The van der Waals surface area contributed by atoms with Gasteiger partial charge in [-0.3, -0.25) is 19.4 Å². The molecule has 4 atom stereocenters. The molecule has 4 rings (SSSR count). The molecule has 0 spiro atoms. The molecule has 1 amide bonds. The smallest absolute Gasteiger partial charge is 0.225 e. The Kier molecular flexibility index (Phi) is 6.93. The van der Waals surface area contributed by atoms with Gasteiger partial charge in [-0.25, -0.2) is 0 Å². The van der Waals surface area contributed by atoms with Crippen molar-refractivity contribution in [1.29, 1.82) is 0 Å². The van der Waals surface area contributed by atoms with Gasteiger partial charge < -0.3 is 31.1 Å². The summed E-state index contributed by atoms with van der Waals surface area (Å²) in [6, 6.07) is 7.74. The van der Waals surface area contributed by atoms with Crippen LogP contribution in [0.2, 0.25) is 0 Å². The number of hydrogen-bond donors (Lipinski definition) is 5. The number of aliphatic hydroxyl groups excluding tert-OH is 2. The summed E-state index contributed by atoms with van der Waals surface area (Å²) < 4.78 is 0. The van der Waals surface area contributed by atoms with Crippen LogP contribution in [-0.4, -0.2) is 80.1 Å². The second-order valence-electron chi connectivity index (χ2n) is 10.0. The molecule has 1 aromatic heterocycles. The number of aliphatic hydroxyl groups is 3. The molecule has 0 fully saturated rings. The van der Waals surface area contributed by atoms with Crippen LogP contribution in [0.3, 0.4) is 0 Å². The number of fused-ring (bicyclic) bond motifs is 2. The number of aryl methyl sites for hydroxylation is 1. The largest absolute Gasteiger partial charge is 0.508 e. The highest BCUT2D eigenvalue weighted by Gasteiger charge is 2.58. The highest BCUT2D eigenvalue weighted by Crippen LogP contribution is 2.50. The Bertz CT molecular complexity index is 1320. The molecule has 196 valence electrons. The van der Waals surface area contributed by atoms with Gasteiger partial charge in [0, 0.05) is 28.8 Å². The van der Waals surface area contributed by atoms with Crippen molar-refractivity contribution in [3.05, 3.63) is 58.5 Å². The molecule has 1 heterocycles. The molecule has 1 aromatic carbocycles. The van der Waals surface area contributed by atoms with Crippen LogP contribution in [0.5, 0.6) is 5.75 Å². The Morgan fingerprint density at radius 2 is 1.92 bits per heavy atom. The minimum absolute atomic E-state index is 0.0342. The lowest BCUT2D eigenvalue weighted by Gasteiger charge is -2.47. The fourth-order valence-corrected chi connectivity index (χ4v) is 5.78. The van der Waals surface area contributed by atoms with Crippen molar-refractivity contribution in [1.82, 2.24) is 9.88 Å². The number of nitrogens with two attached hydrogens (primary N) is 1. The summed E-state index contributed by atoms with van der Waals surface area (Å²) in [5.74, 6) is -5.64. The lowest BCUT2D eigenvalue weighted by Crippen LogP contribution is -2.60. The first-order valence-corrected chi connectivity index (χ1v) is 12.0. The zero-order chi connectivity index (χ0) is 27.2. The minimum atomic E-state index is -2.63. The molecule has 10 nitrogen and oxygen atoms in total. The van der Waals surface area contributed by atoms with E-state index >= 15 is 0 Å². The number of aromatic nitrogens is 1. The number of Topliss-reactive ketones (excluding diaryl/α,β-unsaturated/α-hetero) is 2. The first-order valence-electron chi connectivity index (χ1n) is 12.0. The first kappa shape index (κ1) is 26.5. The first-order chi connectivity index (χ1) is 17.4. The molecule has 6 N–H and O–H groups in total. The van der Waals surface area contributed by atoms with Crippen molar-refractivity contribution in [2.45, 2.75) is 37.8 Å². The Hall–Kier alpha value is -3.60. The van der Waals surface area contributed by atoms with Crippen molar-refractivity contribution in [3.8, 4) is 17.0 Å². The van der Waals surface area contributed by atoms with Crippen molar-refractivity contribution >= 4 is 17.5 Å². The number of hydrogen-bond acceptors (Lipinski definition) is 9. The Morgan fingerprint density at radius 1 is 1.22 bits per heavy atom. The van der Waals surface area contributed by atoms with Crippen molar-refractivity contribution in [2.24, 2.45) is 17.6 Å². The van der Waals surface area contributed by atoms with E-state index in [0.717, 1.165) is 5.69 Å². The van der Waals surface area contributed by atoms with Crippen LogP contribution in [0.15, 0.2) is 41.7 Å². The van der Waals surface area contributed by atoms with Crippen molar-refractivity contribution < 1.29 is 34.8 Å². The number of primary amides is 1. The number of phenols is 1. The second-order valence-corrected chi connectivity index (χ2v) is 10.0. The van der Waals surface area contributed by atoms with Gasteiger partial charge in [-0.15, -0.1) is 0 Å². The molecular weight excluding hydrogens is 478 g/mol. The molecule has 0 saturated heterocycles. The predicted octanol–water partition coefficient (Wildman–Crippen LogP) is 1.05. The summed E-state index contributed by atoms with van der Waals surface area (Å²) in [7, 11) is 3.30. The molecule has 0 bridgehead atoms.